The highest BCUT2D eigenvalue weighted by Crippen LogP contribution is 2.36. The van der Waals surface area contributed by atoms with E-state index in [1.165, 1.54) is 18.5 Å². The van der Waals surface area contributed by atoms with Gasteiger partial charge in [-0.05, 0) is 35.9 Å². The summed E-state index contributed by atoms with van der Waals surface area (Å²) in [6, 6.07) is 7.09. The van der Waals surface area contributed by atoms with Gasteiger partial charge in [-0.25, -0.2) is 18.7 Å². The summed E-state index contributed by atoms with van der Waals surface area (Å²) in [6.07, 6.45) is -2.65. The number of carbonyl (C=O) groups is 2. The molecule has 1 aliphatic rings. The van der Waals surface area contributed by atoms with Crippen LogP contribution in [0.15, 0.2) is 48.8 Å². The van der Waals surface area contributed by atoms with E-state index < -0.39 is 29.3 Å². The summed E-state index contributed by atoms with van der Waals surface area (Å²) in [5.41, 5.74) is 7.31. The summed E-state index contributed by atoms with van der Waals surface area (Å²) in [6.45, 7) is 2.96. The fourth-order valence-corrected chi connectivity index (χ4v) is 4.54. The van der Waals surface area contributed by atoms with Gasteiger partial charge in [0, 0.05) is 36.4 Å². The number of halogens is 4. The number of urea groups is 1. The van der Waals surface area contributed by atoms with Gasteiger partial charge in [0.25, 0.3) is 0 Å². The number of morpholine rings is 1. The molecular formula is C26H23F4N7O3. The second-order valence-electron chi connectivity index (χ2n) is 9.00. The lowest BCUT2D eigenvalue weighted by molar-refractivity contribution is -0.137. The molecule has 2 amide bonds. The van der Waals surface area contributed by atoms with E-state index in [2.05, 4.69) is 25.6 Å². The number of benzene rings is 2. The number of anilines is 3. The molecule has 0 saturated carbocycles. The van der Waals surface area contributed by atoms with E-state index >= 15 is 0 Å². The number of aromatic nitrogens is 3. The Morgan fingerprint density at radius 1 is 1.10 bits per heavy atom. The lowest BCUT2D eigenvalue weighted by Gasteiger charge is -2.26. The van der Waals surface area contributed by atoms with Crippen LogP contribution >= 0.6 is 0 Å². The van der Waals surface area contributed by atoms with Crippen molar-refractivity contribution in [3.05, 3.63) is 71.4 Å². The Kier molecular flexibility index (Phi) is 7.36. The van der Waals surface area contributed by atoms with Gasteiger partial charge in [-0.15, -0.1) is 0 Å². The van der Waals surface area contributed by atoms with Gasteiger partial charge in [-0.3, -0.25) is 9.69 Å². The maximum atomic E-state index is 14.0. The SMILES string of the molecule is Nc1ncnn2c(CN3CCOCC3)c(C=O)c(-c3ccc(NC(=O)Nc4cc(C(F)(F)F)ccc4F)cc3)c12. The normalized spacial score (nSPS) is 14.3. The zero-order valence-electron chi connectivity index (χ0n) is 20.8. The number of rotatable bonds is 6. The van der Waals surface area contributed by atoms with Crippen LogP contribution in [0.4, 0.5) is 39.5 Å². The number of ether oxygens (including phenoxy) is 1. The van der Waals surface area contributed by atoms with Gasteiger partial charge in [0.15, 0.2) is 12.1 Å². The molecule has 0 radical (unpaired) electrons. The standard InChI is InChI=1S/C26H23F4N7O3/c27-19-6-3-16(26(28,29)30)11-20(19)35-25(39)34-17-4-1-15(2-5-17)22-18(13-38)21(12-36-7-9-40-10-8-36)37-23(22)24(31)32-14-33-37/h1-6,11,13-14H,7-10,12H2,(H2,31,32,33)(H2,34,35,39). The van der Waals surface area contributed by atoms with E-state index in [0.717, 1.165) is 6.29 Å². The molecule has 3 heterocycles. The van der Waals surface area contributed by atoms with Crippen LogP contribution in [-0.4, -0.2) is 58.1 Å². The molecule has 4 aromatic rings. The first kappa shape index (κ1) is 27.0. The minimum absolute atomic E-state index is 0.172. The monoisotopic (exact) mass is 557 g/mol. The Labute approximate surface area is 224 Å². The topological polar surface area (TPSA) is 127 Å². The second kappa shape index (κ2) is 10.9. The van der Waals surface area contributed by atoms with Crippen LogP contribution in [-0.2, 0) is 17.5 Å². The largest absolute Gasteiger partial charge is 0.416 e. The second-order valence-corrected chi connectivity index (χ2v) is 9.00. The summed E-state index contributed by atoms with van der Waals surface area (Å²) < 4.78 is 59.9. The van der Waals surface area contributed by atoms with Crippen molar-refractivity contribution in [3.8, 4) is 11.1 Å². The van der Waals surface area contributed by atoms with Crippen LogP contribution in [0.1, 0.15) is 21.6 Å². The molecule has 1 aliphatic heterocycles. The van der Waals surface area contributed by atoms with E-state index in [4.69, 9.17) is 10.5 Å². The maximum absolute atomic E-state index is 14.0. The van der Waals surface area contributed by atoms with Crippen molar-refractivity contribution in [2.45, 2.75) is 12.7 Å². The molecule has 1 fully saturated rings. The molecular weight excluding hydrogens is 534 g/mol. The molecule has 0 bridgehead atoms. The van der Waals surface area contributed by atoms with Crippen molar-refractivity contribution >= 4 is 35.0 Å². The lowest BCUT2D eigenvalue weighted by Crippen LogP contribution is -2.36. The van der Waals surface area contributed by atoms with Crippen molar-refractivity contribution in [1.29, 1.82) is 0 Å². The van der Waals surface area contributed by atoms with E-state index in [1.54, 1.807) is 16.6 Å². The third kappa shape index (κ3) is 5.44. The lowest BCUT2D eigenvalue weighted by atomic mass is 10.0. The minimum Gasteiger partial charge on any atom is -0.382 e. The first-order valence-corrected chi connectivity index (χ1v) is 12.1. The summed E-state index contributed by atoms with van der Waals surface area (Å²) in [7, 11) is 0. The summed E-state index contributed by atoms with van der Waals surface area (Å²) in [5.74, 6) is -0.848. The maximum Gasteiger partial charge on any atom is 0.416 e. The van der Waals surface area contributed by atoms with Gasteiger partial charge >= 0.3 is 12.2 Å². The smallest absolute Gasteiger partial charge is 0.382 e. The number of carbonyl (C=O) groups excluding carboxylic acids is 2. The van der Waals surface area contributed by atoms with Crippen LogP contribution in [0.2, 0.25) is 0 Å². The Hall–Kier alpha value is -4.56. The molecule has 4 N–H and O–H groups in total. The number of hydrogen-bond acceptors (Lipinski definition) is 7. The summed E-state index contributed by atoms with van der Waals surface area (Å²) in [4.78, 5) is 30.9. The van der Waals surface area contributed by atoms with Gasteiger partial charge in [-0.1, -0.05) is 12.1 Å². The van der Waals surface area contributed by atoms with Crippen LogP contribution in [0, 0.1) is 5.82 Å². The number of amides is 2. The molecule has 14 heteroatoms. The zero-order chi connectivity index (χ0) is 28.4. The zero-order valence-corrected chi connectivity index (χ0v) is 20.8. The molecule has 0 atom stereocenters. The molecule has 5 rings (SSSR count). The van der Waals surface area contributed by atoms with Crippen molar-refractivity contribution < 1.29 is 31.9 Å². The van der Waals surface area contributed by atoms with Crippen LogP contribution in [0.25, 0.3) is 16.6 Å². The van der Waals surface area contributed by atoms with Crippen LogP contribution < -0.4 is 16.4 Å². The van der Waals surface area contributed by atoms with E-state index in [9.17, 15) is 27.2 Å². The molecule has 2 aromatic heterocycles. The fraction of sp³-hybridized carbons (Fsp3) is 0.231. The van der Waals surface area contributed by atoms with Gasteiger partial charge in [0.1, 0.15) is 17.7 Å². The van der Waals surface area contributed by atoms with Gasteiger partial charge < -0.3 is 21.1 Å². The highest BCUT2D eigenvalue weighted by molar-refractivity contribution is 6.02. The van der Waals surface area contributed by atoms with Crippen LogP contribution in [0.3, 0.4) is 0 Å². The van der Waals surface area contributed by atoms with Crippen molar-refractivity contribution in [1.82, 2.24) is 19.5 Å². The molecule has 2 aromatic carbocycles. The average molecular weight is 558 g/mol. The Bertz CT molecular complexity index is 1570. The minimum atomic E-state index is -4.70. The Morgan fingerprint density at radius 3 is 2.50 bits per heavy atom. The molecule has 1 saturated heterocycles. The van der Waals surface area contributed by atoms with Gasteiger partial charge in [0.2, 0.25) is 0 Å². The number of nitrogens with one attached hydrogen (secondary N) is 2. The predicted octanol–water partition coefficient (Wildman–Crippen LogP) is 4.43. The molecule has 208 valence electrons. The van der Waals surface area contributed by atoms with Crippen molar-refractivity contribution in [2.75, 3.05) is 42.7 Å². The highest BCUT2D eigenvalue weighted by atomic mass is 19.4. The molecule has 0 spiro atoms. The number of nitrogen functional groups attached to an aromatic ring is 1. The molecule has 0 aliphatic carbocycles. The fourth-order valence-electron chi connectivity index (χ4n) is 4.54. The molecule has 0 unspecified atom stereocenters. The van der Waals surface area contributed by atoms with Crippen molar-refractivity contribution in [3.63, 3.8) is 0 Å². The van der Waals surface area contributed by atoms with E-state index in [0.29, 0.717) is 78.9 Å². The predicted molar refractivity (Wildman–Crippen MR) is 138 cm³/mol. The third-order valence-electron chi connectivity index (χ3n) is 6.46. The average Bonchev–Trinajstić information content (AvgIpc) is 3.24. The summed E-state index contributed by atoms with van der Waals surface area (Å²) in [5, 5.41) is 8.87. The highest BCUT2D eigenvalue weighted by Gasteiger charge is 2.31. The van der Waals surface area contributed by atoms with E-state index in [1.807, 2.05) is 0 Å². The third-order valence-corrected chi connectivity index (χ3v) is 6.46. The van der Waals surface area contributed by atoms with Crippen molar-refractivity contribution in [2.24, 2.45) is 0 Å². The number of alkyl halides is 3. The number of nitrogens with zero attached hydrogens (tertiary/aromatic N) is 4. The summed E-state index contributed by atoms with van der Waals surface area (Å²) >= 11 is 0. The van der Waals surface area contributed by atoms with E-state index in [-0.39, 0.29) is 11.5 Å². The van der Waals surface area contributed by atoms with Gasteiger partial charge in [-0.2, -0.15) is 18.3 Å². The molecule has 40 heavy (non-hydrogen) atoms. The van der Waals surface area contributed by atoms with Gasteiger partial charge in [0.05, 0.1) is 30.2 Å². The Balaban J connectivity index is 1.41. The first-order valence-electron chi connectivity index (χ1n) is 12.1. The number of aldehydes is 1. The molecule has 10 nitrogen and oxygen atoms in total. The number of fused-ring (bicyclic) bond motifs is 1. The quantitative estimate of drug-likeness (QED) is 0.237. The number of hydrogen-bond donors (Lipinski definition) is 3. The van der Waals surface area contributed by atoms with Crippen LogP contribution in [0.5, 0.6) is 0 Å². The first-order chi connectivity index (χ1) is 19.2. The number of nitrogens with two attached hydrogens (primary N) is 1. The Morgan fingerprint density at radius 2 is 1.82 bits per heavy atom.